The van der Waals surface area contributed by atoms with Gasteiger partial charge in [-0.05, 0) is 37.1 Å². The second kappa shape index (κ2) is 4.94. The standard InChI is InChI=1S/C14H16ClN3/c1-8(2)13-6-9(3)17-14(18-13)11-5-4-10(16)7-12(11)15/h4-8H,16H2,1-3H3. The van der Waals surface area contributed by atoms with Gasteiger partial charge in [-0.1, -0.05) is 25.4 Å². The Morgan fingerprint density at radius 2 is 1.89 bits per heavy atom. The third-order valence-corrected chi connectivity index (χ3v) is 3.01. The van der Waals surface area contributed by atoms with Crippen LogP contribution in [0.4, 0.5) is 5.69 Å². The molecule has 94 valence electrons. The predicted molar refractivity (Wildman–Crippen MR) is 75.7 cm³/mol. The highest BCUT2D eigenvalue weighted by atomic mass is 35.5. The number of benzene rings is 1. The fraction of sp³-hybridized carbons (Fsp3) is 0.286. The van der Waals surface area contributed by atoms with E-state index < -0.39 is 0 Å². The Labute approximate surface area is 112 Å². The van der Waals surface area contributed by atoms with Gasteiger partial charge in [0.05, 0.1) is 5.02 Å². The fourth-order valence-electron chi connectivity index (χ4n) is 1.72. The molecule has 1 aromatic heterocycles. The van der Waals surface area contributed by atoms with Crippen LogP contribution in [0.1, 0.15) is 31.2 Å². The zero-order chi connectivity index (χ0) is 13.3. The number of halogens is 1. The van der Waals surface area contributed by atoms with Crippen LogP contribution in [0.3, 0.4) is 0 Å². The van der Waals surface area contributed by atoms with E-state index in [1.165, 1.54) is 0 Å². The van der Waals surface area contributed by atoms with Crippen molar-refractivity contribution in [1.29, 1.82) is 0 Å². The SMILES string of the molecule is Cc1cc(C(C)C)nc(-c2ccc(N)cc2Cl)n1. The number of rotatable bonds is 2. The number of nitrogens with two attached hydrogens (primary N) is 1. The minimum Gasteiger partial charge on any atom is -0.399 e. The molecule has 0 aliphatic carbocycles. The molecule has 0 saturated carbocycles. The summed E-state index contributed by atoms with van der Waals surface area (Å²) in [5.74, 6) is 1.02. The lowest BCUT2D eigenvalue weighted by molar-refractivity contribution is 0.812. The first-order valence-electron chi connectivity index (χ1n) is 5.88. The summed E-state index contributed by atoms with van der Waals surface area (Å²) in [4.78, 5) is 9.00. The van der Waals surface area contributed by atoms with Gasteiger partial charge >= 0.3 is 0 Å². The Bertz CT molecular complexity index is 579. The molecule has 0 bridgehead atoms. The fourth-order valence-corrected chi connectivity index (χ4v) is 2.00. The molecule has 0 aliphatic heterocycles. The summed E-state index contributed by atoms with van der Waals surface area (Å²) in [6.07, 6.45) is 0. The maximum Gasteiger partial charge on any atom is 0.161 e. The van der Waals surface area contributed by atoms with Crippen LogP contribution in [0.5, 0.6) is 0 Å². The molecule has 0 fully saturated rings. The molecule has 0 saturated heterocycles. The predicted octanol–water partition coefficient (Wildman–Crippen LogP) is 3.81. The molecule has 1 aromatic carbocycles. The number of hydrogen-bond acceptors (Lipinski definition) is 3. The smallest absolute Gasteiger partial charge is 0.161 e. The van der Waals surface area contributed by atoms with Crippen molar-refractivity contribution in [3.8, 4) is 11.4 Å². The first kappa shape index (κ1) is 12.8. The van der Waals surface area contributed by atoms with E-state index in [4.69, 9.17) is 17.3 Å². The molecular weight excluding hydrogens is 246 g/mol. The lowest BCUT2D eigenvalue weighted by atomic mass is 10.1. The van der Waals surface area contributed by atoms with Gasteiger partial charge in [-0.3, -0.25) is 0 Å². The zero-order valence-electron chi connectivity index (χ0n) is 10.7. The molecule has 18 heavy (non-hydrogen) atoms. The van der Waals surface area contributed by atoms with Crippen LogP contribution in [0.2, 0.25) is 5.02 Å². The van der Waals surface area contributed by atoms with Crippen molar-refractivity contribution >= 4 is 17.3 Å². The third-order valence-electron chi connectivity index (χ3n) is 2.70. The van der Waals surface area contributed by atoms with Crippen LogP contribution in [0.15, 0.2) is 24.3 Å². The van der Waals surface area contributed by atoms with Crippen LogP contribution in [-0.4, -0.2) is 9.97 Å². The van der Waals surface area contributed by atoms with E-state index in [0.717, 1.165) is 17.0 Å². The molecule has 0 aliphatic rings. The average Bonchev–Trinajstić information content (AvgIpc) is 2.27. The van der Waals surface area contributed by atoms with Gasteiger partial charge in [0, 0.05) is 22.6 Å². The summed E-state index contributed by atoms with van der Waals surface area (Å²) in [6, 6.07) is 7.38. The number of nitrogens with zero attached hydrogens (tertiary/aromatic N) is 2. The minimum atomic E-state index is 0.359. The number of hydrogen-bond donors (Lipinski definition) is 1. The van der Waals surface area contributed by atoms with Crippen molar-refractivity contribution in [3.63, 3.8) is 0 Å². The average molecular weight is 262 g/mol. The molecule has 3 nitrogen and oxygen atoms in total. The van der Waals surface area contributed by atoms with Crippen LogP contribution in [-0.2, 0) is 0 Å². The Morgan fingerprint density at radius 1 is 1.17 bits per heavy atom. The molecule has 0 unspecified atom stereocenters. The molecule has 4 heteroatoms. The number of aromatic nitrogens is 2. The lowest BCUT2D eigenvalue weighted by Gasteiger charge is -2.10. The van der Waals surface area contributed by atoms with Gasteiger partial charge in [-0.25, -0.2) is 9.97 Å². The largest absolute Gasteiger partial charge is 0.399 e. The van der Waals surface area contributed by atoms with Crippen molar-refractivity contribution in [1.82, 2.24) is 9.97 Å². The van der Waals surface area contributed by atoms with Crippen molar-refractivity contribution in [3.05, 3.63) is 40.7 Å². The van der Waals surface area contributed by atoms with E-state index in [9.17, 15) is 0 Å². The minimum absolute atomic E-state index is 0.359. The topological polar surface area (TPSA) is 51.8 Å². The normalized spacial score (nSPS) is 10.9. The van der Waals surface area contributed by atoms with E-state index in [2.05, 4.69) is 23.8 Å². The maximum atomic E-state index is 6.19. The third kappa shape index (κ3) is 2.62. The van der Waals surface area contributed by atoms with Crippen LogP contribution < -0.4 is 5.73 Å². The Balaban J connectivity index is 2.56. The molecule has 0 amide bonds. The summed E-state index contributed by atoms with van der Waals surface area (Å²) in [7, 11) is 0. The van der Waals surface area contributed by atoms with Crippen molar-refractivity contribution in [2.75, 3.05) is 5.73 Å². The van der Waals surface area contributed by atoms with E-state index in [0.29, 0.717) is 22.5 Å². The lowest BCUT2D eigenvalue weighted by Crippen LogP contribution is -2.00. The molecule has 0 atom stereocenters. The van der Waals surface area contributed by atoms with Gasteiger partial charge in [-0.15, -0.1) is 0 Å². The molecule has 0 radical (unpaired) electrons. The van der Waals surface area contributed by atoms with E-state index in [-0.39, 0.29) is 0 Å². The number of nitrogen functional groups attached to an aromatic ring is 1. The molecule has 0 spiro atoms. The first-order chi connectivity index (χ1) is 8.47. The summed E-state index contributed by atoms with van der Waals surface area (Å²) in [5, 5.41) is 0.579. The van der Waals surface area contributed by atoms with Gasteiger partial charge in [0.25, 0.3) is 0 Å². The Hall–Kier alpha value is -1.61. The van der Waals surface area contributed by atoms with E-state index in [1.807, 2.05) is 25.1 Å². The van der Waals surface area contributed by atoms with Gasteiger partial charge < -0.3 is 5.73 Å². The summed E-state index contributed by atoms with van der Waals surface area (Å²) in [6.45, 7) is 6.18. The number of anilines is 1. The summed E-state index contributed by atoms with van der Waals surface area (Å²) >= 11 is 6.19. The highest BCUT2D eigenvalue weighted by Crippen LogP contribution is 2.28. The highest BCUT2D eigenvalue weighted by Gasteiger charge is 2.10. The molecule has 2 aromatic rings. The quantitative estimate of drug-likeness (QED) is 0.837. The van der Waals surface area contributed by atoms with Gasteiger partial charge in [-0.2, -0.15) is 0 Å². The van der Waals surface area contributed by atoms with Crippen LogP contribution >= 0.6 is 11.6 Å². The Kier molecular flexibility index (Phi) is 3.53. The van der Waals surface area contributed by atoms with Crippen molar-refractivity contribution < 1.29 is 0 Å². The highest BCUT2D eigenvalue weighted by molar-refractivity contribution is 6.33. The molecular formula is C14H16ClN3. The second-order valence-corrected chi connectivity index (χ2v) is 5.06. The van der Waals surface area contributed by atoms with E-state index >= 15 is 0 Å². The number of aryl methyl sites for hydroxylation is 1. The first-order valence-corrected chi connectivity index (χ1v) is 6.26. The monoisotopic (exact) mass is 261 g/mol. The second-order valence-electron chi connectivity index (χ2n) is 4.65. The zero-order valence-corrected chi connectivity index (χ0v) is 11.5. The van der Waals surface area contributed by atoms with Crippen molar-refractivity contribution in [2.24, 2.45) is 0 Å². The molecule has 2 rings (SSSR count). The van der Waals surface area contributed by atoms with Crippen molar-refractivity contribution in [2.45, 2.75) is 26.7 Å². The van der Waals surface area contributed by atoms with Crippen LogP contribution in [0, 0.1) is 6.92 Å². The van der Waals surface area contributed by atoms with E-state index in [1.54, 1.807) is 6.07 Å². The van der Waals surface area contributed by atoms with Gasteiger partial charge in [0.2, 0.25) is 0 Å². The Morgan fingerprint density at radius 3 is 2.50 bits per heavy atom. The molecule has 1 heterocycles. The molecule has 2 N–H and O–H groups in total. The van der Waals surface area contributed by atoms with Crippen LogP contribution in [0.25, 0.3) is 11.4 Å². The summed E-state index contributed by atoms with van der Waals surface area (Å²) < 4.78 is 0. The van der Waals surface area contributed by atoms with Gasteiger partial charge in [0.1, 0.15) is 0 Å². The maximum absolute atomic E-state index is 6.19. The van der Waals surface area contributed by atoms with Gasteiger partial charge in [0.15, 0.2) is 5.82 Å². The summed E-state index contributed by atoms with van der Waals surface area (Å²) in [5.41, 5.74) is 9.10.